The summed E-state index contributed by atoms with van der Waals surface area (Å²) in [6.07, 6.45) is 4.61. The van der Waals surface area contributed by atoms with E-state index in [1.54, 1.807) is 18.0 Å². The van der Waals surface area contributed by atoms with E-state index in [4.69, 9.17) is 9.72 Å². The van der Waals surface area contributed by atoms with Crippen LogP contribution in [0, 0.1) is 0 Å². The van der Waals surface area contributed by atoms with Crippen molar-refractivity contribution >= 4 is 22.7 Å². The van der Waals surface area contributed by atoms with Crippen LogP contribution in [-0.4, -0.2) is 57.1 Å². The second-order valence-electron chi connectivity index (χ2n) is 8.08. The molecule has 0 atom stereocenters. The fourth-order valence-corrected chi connectivity index (χ4v) is 5.03. The summed E-state index contributed by atoms with van der Waals surface area (Å²) in [7, 11) is 0. The van der Waals surface area contributed by atoms with E-state index in [1.165, 1.54) is 5.56 Å². The van der Waals surface area contributed by atoms with Gasteiger partial charge in [-0.25, -0.2) is 9.67 Å². The number of benzene rings is 2. The van der Waals surface area contributed by atoms with Crippen molar-refractivity contribution in [3.63, 3.8) is 0 Å². The molecule has 33 heavy (non-hydrogen) atoms. The zero-order chi connectivity index (χ0) is 22.5. The van der Waals surface area contributed by atoms with E-state index >= 15 is 0 Å². The number of hydrogen-bond donors (Lipinski definition) is 0. The van der Waals surface area contributed by atoms with Gasteiger partial charge in [-0.3, -0.25) is 14.3 Å². The maximum absolute atomic E-state index is 13.3. The van der Waals surface area contributed by atoms with E-state index in [9.17, 15) is 4.79 Å². The Morgan fingerprint density at radius 2 is 1.79 bits per heavy atom. The number of para-hydroxylation sites is 1. The van der Waals surface area contributed by atoms with E-state index < -0.39 is 0 Å². The number of fused-ring (bicyclic) bond motifs is 1. The molecule has 0 unspecified atom stereocenters. The topological polar surface area (TPSA) is 65.2 Å². The van der Waals surface area contributed by atoms with Gasteiger partial charge in [-0.2, -0.15) is 5.10 Å². The van der Waals surface area contributed by atoms with Gasteiger partial charge in [-0.05, 0) is 42.3 Å². The largest absolute Gasteiger partial charge is 0.379 e. The highest BCUT2D eigenvalue weighted by Gasteiger charge is 2.14. The molecule has 0 radical (unpaired) electrons. The number of nitrogens with zero attached hydrogens (tertiary/aromatic N) is 5. The van der Waals surface area contributed by atoms with Crippen molar-refractivity contribution in [1.29, 1.82) is 0 Å². The molecule has 4 aromatic rings. The predicted octanol–water partition coefficient (Wildman–Crippen LogP) is 3.60. The van der Waals surface area contributed by atoms with Gasteiger partial charge < -0.3 is 4.74 Å². The Balaban J connectivity index is 1.33. The molecule has 0 amide bonds. The lowest BCUT2D eigenvalue weighted by atomic mass is 10.2. The maximum atomic E-state index is 13.3. The van der Waals surface area contributed by atoms with Gasteiger partial charge in [0.1, 0.15) is 0 Å². The first-order valence-corrected chi connectivity index (χ1v) is 12.3. The van der Waals surface area contributed by atoms with Gasteiger partial charge in [0.25, 0.3) is 5.56 Å². The van der Waals surface area contributed by atoms with Crippen LogP contribution in [0.2, 0.25) is 0 Å². The Hall–Kier alpha value is -2.94. The normalized spacial score (nSPS) is 14.7. The summed E-state index contributed by atoms with van der Waals surface area (Å²) in [4.78, 5) is 20.5. The highest BCUT2D eigenvalue weighted by atomic mass is 32.2. The Bertz CT molecular complexity index is 1250. The molecule has 3 heterocycles. The van der Waals surface area contributed by atoms with Gasteiger partial charge in [-0.1, -0.05) is 36.0 Å². The standard InChI is InChI=1S/C25H27N5O2S/c31-24-22-5-1-2-6-23(22)27-25(29(24)13-4-12-28-15-17-32-18-16-28)33-19-20-7-9-21(10-8-20)30-14-3-11-26-30/h1-3,5-11,14H,4,12-13,15-19H2. The summed E-state index contributed by atoms with van der Waals surface area (Å²) in [6.45, 7) is 5.12. The third kappa shape index (κ3) is 5.19. The number of thioether (sulfide) groups is 1. The van der Waals surface area contributed by atoms with Gasteiger partial charge >= 0.3 is 0 Å². The van der Waals surface area contributed by atoms with Crippen LogP contribution < -0.4 is 5.56 Å². The van der Waals surface area contributed by atoms with Crippen molar-refractivity contribution in [2.45, 2.75) is 23.9 Å². The van der Waals surface area contributed by atoms with Crippen LogP contribution in [0.15, 0.2) is 76.9 Å². The summed E-state index contributed by atoms with van der Waals surface area (Å²) < 4.78 is 9.13. The highest BCUT2D eigenvalue weighted by Crippen LogP contribution is 2.23. The van der Waals surface area contributed by atoms with E-state index in [0.717, 1.165) is 61.4 Å². The molecule has 0 bridgehead atoms. The smallest absolute Gasteiger partial charge is 0.262 e. The molecule has 0 aliphatic carbocycles. The third-order valence-corrected chi connectivity index (χ3v) is 6.91. The molecule has 1 saturated heterocycles. The number of hydrogen-bond acceptors (Lipinski definition) is 6. The van der Waals surface area contributed by atoms with Crippen molar-refractivity contribution in [1.82, 2.24) is 24.2 Å². The Kier molecular flexibility index (Phi) is 6.85. The molecule has 5 rings (SSSR count). The van der Waals surface area contributed by atoms with Crippen molar-refractivity contribution in [3.8, 4) is 5.69 Å². The lowest BCUT2D eigenvalue weighted by Crippen LogP contribution is -2.37. The highest BCUT2D eigenvalue weighted by molar-refractivity contribution is 7.98. The number of ether oxygens (including phenoxy) is 1. The number of aromatic nitrogens is 4. The second kappa shape index (κ2) is 10.3. The molecule has 7 nitrogen and oxygen atoms in total. The second-order valence-corrected chi connectivity index (χ2v) is 9.02. The van der Waals surface area contributed by atoms with E-state index in [1.807, 2.05) is 45.8 Å². The summed E-state index contributed by atoms with van der Waals surface area (Å²) in [5.41, 5.74) is 3.00. The van der Waals surface area contributed by atoms with Crippen molar-refractivity contribution in [3.05, 3.63) is 82.9 Å². The van der Waals surface area contributed by atoms with Crippen LogP contribution in [0.25, 0.3) is 16.6 Å². The summed E-state index contributed by atoms with van der Waals surface area (Å²) >= 11 is 1.61. The lowest BCUT2D eigenvalue weighted by molar-refractivity contribution is 0.0368. The first-order valence-electron chi connectivity index (χ1n) is 11.3. The molecule has 0 saturated carbocycles. The molecule has 1 aliphatic heterocycles. The minimum atomic E-state index is 0.0408. The summed E-state index contributed by atoms with van der Waals surface area (Å²) in [5.74, 6) is 0.744. The molecule has 2 aromatic carbocycles. The molecule has 170 valence electrons. The molecular formula is C25H27N5O2S. The van der Waals surface area contributed by atoms with E-state index in [2.05, 4.69) is 34.3 Å². The average molecular weight is 462 g/mol. The summed E-state index contributed by atoms with van der Waals surface area (Å²) in [6, 6.07) is 17.9. The third-order valence-electron chi connectivity index (χ3n) is 5.86. The predicted molar refractivity (Wildman–Crippen MR) is 131 cm³/mol. The fourth-order valence-electron chi connectivity index (χ4n) is 4.05. The molecule has 1 aliphatic rings. The van der Waals surface area contributed by atoms with Crippen LogP contribution in [-0.2, 0) is 17.0 Å². The molecule has 0 N–H and O–H groups in total. The maximum Gasteiger partial charge on any atom is 0.262 e. The van der Waals surface area contributed by atoms with Gasteiger partial charge in [0.2, 0.25) is 0 Å². The minimum absolute atomic E-state index is 0.0408. The molecule has 1 fully saturated rings. The fraction of sp³-hybridized carbons (Fsp3) is 0.320. The molecule has 2 aromatic heterocycles. The number of rotatable bonds is 8. The van der Waals surface area contributed by atoms with Gasteiger partial charge in [-0.15, -0.1) is 0 Å². The first-order chi connectivity index (χ1) is 16.3. The van der Waals surface area contributed by atoms with Crippen LogP contribution in [0.4, 0.5) is 0 Å². The van der Waals surface area contributed by atoms with Gasteiger partial charge in [0.15, 0.2) is 5.16 Å². The SMILES string of the molecule is O=c1c2ccccc2nc(SCc2ccc(-n3cccn3)cc2)n1CCCN1CCOCC1. The van der Waals surface area contributed by atoms with Crippen LogP contribution in [0.5, 0.6) is 0 Å². The molecular weight excluding hydrogens is 434 g/mol. The van der Waals surface area contributed by atoms with Gasteiger partial charge in [0.05, 0.1) is 29.8 Å². The average Bonchev–Trinajstić information content (AvgIpc) is 3.40. The zero-order valence-electron chi connectivity index (χ0n) is 18.5. The van der Waals surface area contributed by atoms with Crippen molar-refractivity contribution < 1.29 is 4.74 Å². The zero-order valence-corrected chi connectivity index (χ0v) is 19.3. The Labute approximate surface area is 197 Å². The first kappa shape index (κ1) is 21.9. The van der Waals surface area contributed by atoms with Crippen molar-refractivity contribution in [2.24, 2.45) is 0 Å². The van der Waals surface area contributed by atoms with Crippen molar-refractivity contribution in [2.75, 3.05) is 32.8 Å². The van der Waals surface area contributed by atoms with Gasteiger partial charge in [0, 0.05) is 44.3 Å². The van der Waals surface area contributed by atoms with E-state index in [0.29, 0.717) is 11.9 Å². The monoisotopic (exact) mass is 461 g/mol. The summed E-state index contributed by atoms with van der Waals surface area (Å²) in [5, 5.41) is 5.73. The Morgan fingerprint density at radius 3 is 2.58 bits per heavy atom. The molecule has 0 spiro atoms. The number of morpholine rings is 1. The quantitative estimate of drug-likeness (QED) is 0.295. The minimum Gasteiger partial charge on any atom is -0.379 e. The lowest BCUT2D eigenvalue weighted by Gasteiger charge is -2.26. The van der Waals surface area contributed by atoms with Crippen LogP contribution in [0.3, 0.4) is 0 Å². The van der Waals surface area contributed by atoms with E-state index in [-0.39, 0.29) is 5.56 Å². The van der Waals surface area contributed by atoms with Crippen LogP contribution in [0.1, 0.15) is 12.0 Å². The van der Waals surface area contributed by atoms with Crippen LogP contribution >= 0.6 is 11.8 Å². The Morgan fingerprint density at radius 1 is 0.970 bits per heavy atom. The molecule has 8 heteroatoms.